The second kappa shape index (κ2) is 7.77. The van der Waals surface area contributed by atoms with E-state index in [4.69, 9.17) is 14.7 Å². The lowest BCUT2D eigenvalue weighted by atomic mass is 10.0. The van der Waals surface area contributed by atoms with Gasteiger partial charge in [0, 0.05) is 23.4 Å². The van der Waals surface area contributed by atoms with Gasteiger partial charge in [-0.15, -0.1) is 0 Å². The molecule has 10 heteroatoms. The molecule has 1 saturated carbocycles. The summed E-state index contributed by atoms with van der Waals surface area (Å²) in [7, 11) is 0. The van der Waals surface area contributed by atoms with Gasteiger partial charge in [0.1, 0.15) is 34.9 Å². The SMILES string of the molecule is N#Cc1ccc(Oc2ccc(NC(=O)N[C@@H]3[C@@H]4COc5c(F)ccc(F)c5[C@@H]43)nc2)cn1. The maximum atomic E-state index is 14.2. The van der Waals surface area contributed by atoms with Crippen molar-refractivity contribution in [1.29, 1.82) is 5.26 Å². The number of nitrogens with zero attached hydrogens (tertiary/aromatic N) is 3. The minimum Gasteiger partial charge on any atom is -0.490 e. The van der Waals surface area contributed by atoms with Gasteiger partial charge in [-0.3, -0.25) is 5.32 Å². The van der Waals surface area contributed by atoms with Crippen LogP contribution < -0.4 is 20.1 Å². The van der Waals surface area contributed by atoms with E-state index >= 15 is 0 Å². The number of amides is 2. The van der Waals surface area contributed by atoms with Gasteiger partial charge in [-0.2, -0.15) is 5.26 Å². The first-order valence-electron chi connectivity index (χ1n) is 9.72. The normalized spacial score (nSPS) is 20.1. The van der Waals surface area contributed by atoms with Gasteiger partial charge in [-0.1, -0.05) is 0 Å². The van der Waals surface area contributed by atoms with Crippen molar-refractivity contribution < 1.29 is 23.0 Å². The maximum Gasteiger partial charge on any atom is 0.320 e. The highest BCUT2D eigenvalue weighted by atomic mass is 19.1. The number of anilines is 1. The van der Waals surface area contributed by atoms with Gasteiger partial charge in [-0.05, 0) is 36.4 Å². The highest BCUT2D eigenvalue weighted by Crippen LogP contribution is 2.55. The summed E-state index contributed by atoms with van der Waals surface area (Å²) in [6.45, 7) is 0.206. The van der Waals surface area contributed by atoms with Crippen molar-refractivity contribution in [1.82, 2.24) is 15.3 Å². The topological polar surface area (TPSA) is 109 Å². The number of fused-ring (bicyclic) bond motifs is 3. The van der Waals surface area contributed by atoms with E-state index in [9.17, 15) is 13.6 Å². The largest absolute Gasteiger partial charge is 0.490 e. The number of rotatable bonds is 4. The summed E-state index contributed by atoms with van der Waals surface area (Å²) in [5.74, 6) is -0.544. The van der Waals surface area contributed by atoms with E-state index in [0.29, 0.717) is 11.5 Å². The highest BCUT2D eigenvalue weighted by molar-refractivity contribution is 5.89. The van der Waals surface area contributed by atoms with Gasteiger partial charge in [0.25, 0.3) is 0 Å². The molecule has 3 atom stereocenters. The Bertz CT molecular complexity index is 1230. The monoisotopic (exact) mass is 435 g/mol. The zero-order chi connectivity index (χ0) is 22.2. The van der Waals surface area contributed by atoms with Crippen LogP contribution in [0, 0.1) is 28.9 Å². The molecule has 0 unspecified atom stereocenters. The zero-order valence-corrected chi connectivity index (χ0v) is 16.4. The summed E-state index contributed by atoms with van der Waals surface area (Å²) in [5, 5.41) is 14.1. The van der Waals surface area contributed by atoms with Crippen molar-refractivity contribution in [3.8, 4) is 23.3 Å². The summed E-state index contributed by atoms with van der Waals surface area (Å²) in [5.41, 5.74) is 0.447. The van der Waals surface area contributed by atoms with Crippen LogP contribution in [-0.4, -0.2) is 28.6 Å². The minimum atomic E-state index is -0.613. The summed E-state index contributed by atoms with van der Waals surface area (Å²) in [4.78, 5) is 20.4. The highest BCUT2D eigenvalue weighted by Gasteiger charge is 2.57. The number of halogens is 2. The Kier molecular flexibility index (Phi) is 4.78. The summed E-state index contributed by atoms with van der Waals surface area (Å²) in [6, 6.07) is 9.45. The van der Waals surface area contributed by atoms with Crippen LogP contribution in [0.5, 0.6) is 17.2 Å². The van der Waals surface area contributed by atoms with Crippen LogP contribution in [0.1, 0.15) is 17.2 Å². The van der Waals surface area contributed by atoms with Crippen LogP contribution >= 0.6 is 0 Å². The number of pyridine rings is 2. The van der Waals surface area contributed by atoms with Gasteiger partial charge in [-0.25, -0.2) is 23.5 Å². The summed E-state index contributed by atoms with van der Waals surface area (Å²) >= 11 is 0. The number of urea groups is 1. The first kappa shape index (κ1) is 19.7. The van der Waals surface area contributed by atoms with E-state index in [2.05, 4.69) is 20.6 Å². The average molecular weight is 435 g/mol. The minimum absolute atomic E-state index is 0.0781. The molecule has 32 heavy (non-hydrogen) atoms. The maximum absolute atomic E-state index is 14.2. The second-order valence-electron chi connectivity index (χ2n) is 7.37. The lowest BCUT2D eigenvalue weighted by Gasteiger charge is -2.16. The molecule has 3 heterocycles. The fraction of sp³-hybridized carbons (Fsp3) is 0.182. The van der Waals surface area contributed by atoms with Gasteiger partial charge >= 0.3 is 6.03 Å². The quantitative estimate of drug-likeness (QED) is 0.647. The Morgan fingerprint density at radius 1 is 1.09 bits per heavy atom. The number of nitriles is 1. The number of nitrogens with one attached hydrogen (secondary N) is 2. The van der Waals surface area contributed by atoms with Crippen molar-refractivity contribution in [3.63, 3.8) is 0 Å². The van der Waals surface area contributed by atoms with Gasteiger partial charge in [0.2, 0.25) is 0 Å². The molecule has 8 nitrogen and oxygen atoms in total. The number of hydrogen-bond acceptors (Lipinski definition) is 6. The molecule has 5 rings (SSSR count). The molecule has 1 aliphatic heterocycles. The zero-order valence-electron chi connectivity index (χ0n) is 16.4. The fourth-order valence-electron chi connectivity index (χ4n) is 3.82. The van der Waals surface area contributed by atoms with Gasteiger partial charge in [0.05, 0.1) is 19.0 Å². The fourth-order valence-corrected chi connectivity index (χ4v) is 3.82. The smallest absolute Gasteiger partial charge is 0.320 e. The number of ether oxygens (including phenoxy) is 2. The molecular weight excluding hydrogens is 420 g/mol. The molecule has 1 aromatic carbocycles. The van der Waals surface area contributed by atoms with Gasteiger partial charge < -0.3 is 14.8 Å². The molecule has 2 aliphatic rings. The van der Waals surface area contributed by atoms with Crippen LogP contribution in [0.25, 0.3) is 0 Å². The summed E-state index contributed by atoms with van der Waals surface area (Å²) < 4.78 is 39.1. The van der Waals surface area contributed by atoms with E-state index in [1.54, 1.807) is 18.2 Å². The lowest BCUT2D eigenvalue weighted by Crippen LogP contribution is -2.32. The van der Waals surface area contributed by atoms with E-state index in [-0.39, 0.29) is 47.3 Å². The van der Waals surface area contributed by atoms with Crippen molar-refractivity contribution >= 4 is 11.8 Å². The Morgan fingerprint density at radius 2 is 1.84 bits per heavy atom. The van der Waals surface area contributed by atoms with E-state index in [1.807, 2.05) is 6.07 Å². The van der Waals surface area contributed by atoms with Crippen LogP contribution in [0.2, 0.25) is 0 Å². The van der Waals surface area contributed by atoms with Crippen molar-refractivity contribution in [3.05, 3.63) is 71.7 Å². The number of aromatic nitrogens is 2. The molecule has 0 spiro atoms. The molecule has 0 saturated heterocycles. The van der Waals surface area contributed by atoms with Crippen LogP contribution in [-0.2, 0) is 0 Å². The van der Waals surface area contributed by atoms with Gasteiger partial charge in [0.15, 0.2) is 11.6 Å². The van der Waals surface area contributed by atoms with E-state index in [0.717, 1.165) is 12.1 Å². The van der Waals surface area contributed by atoms with Crippen LogP contribution in [0.3, 0.4) is 0 Å². The molecule has 1 aliphatic carbocycles. The predicted octanol–water partition coefficient (Wildman–Crippen LogP) is 3.71. The third kappa shape index (κ3) is 3.65. The third-order valence-corrected chi connectivity index (χ3v) is 5.38. The molecule has 2 N–H and O–H groups in total. The number of hydrogen-bond donors (Lipinski definition) is 2. The summed E-state index contributed by atoms with van der Waals surface area (Å²) in [6.07, 6.45) is 2.84. The van der Waals surface area contributed by atoms with Crippen molar-refractivity contribution in [2.75, 3.05) is 11.9 Å². The first-order valence-corrected chi connectivity index (χ1v) is 9.72. The first-order chi connectivity index (χ1) is 15.5. The van der Waals surface area contributed by atoms with E-state index in [1.165, 1.54) is 18.5 Å². The predicted molar refractivity (Wildman–Crippen MR) is 107 cm³/mol. The average Bonchev–Trinajstić information content (AvgIpc) is 3.50. The number of benzene rings is 1. The molecule has 160 valence electrons. The van der Waals surface area contributed by atoms with Crippen LogP contribution in [0.4, 0.5) is 19.4 Å². The third-order valence-electron chi connectivity index (χ3n) is 5.38. The second-order valence-corrected chi connectivity index (χ2v) is 7.37. The molecule has 0 radical (unpaired) electrons. The van der Waals surface area contributed by atoms with E-state index < -0.39 is 17.7 Å². The number of carbonyl (C=O) groups excluding carboxylic acids is 1. The standard InChI is InChI=1S/C22H15F2N5O3/c23-15-4-5-16(24)21-19(15)18-14(10-31-21)20(18)29-22(30)28-17-6-3-13(9-27-17)32-12-2-1-11(7-25)26-8-12/h1-6,8-9,14,18,20H,10H2,(H2,27,28,29,30)/t14-,18-,20-/m1/s1. The molecule has 3 aromatic rings. The molecular formula is C22H15F2N5O3. The Hall–Kier alpha value is -4.26. The molecule has 2 aromatic heterocycles. The molecule has 0 bridgehead atoms. The Labute approximate surface area is 180 Å². The lowest BCUT2D eigenvalue weighted by molar-refractivity contribution is 0.247. The Morgan fingerprint density at radius 3 is 2.53 bits per heavy atom. The molecule has 2 amide bonds. The van der Waals surface area contributed by atoms with Crippen molar-refractivity contribution in [2.24, 2.45) is 5.92 Å². The number of carbonyl (C=O) groups is 1. The Balaban J connectivity index is 1.19. The van der Waals surface area contributed by atoms with Crippen molar-refractivity contribution in [2.45, 2.75) is 12.0 Å². The molecule has 1 fully saturated rings. The van der Waals surface area contributed by atoms with Crippen LogP contribution in [0.15, 0.2) is 48.8 Å².